The Balaban J connectivity index is 2.02. The van der Waals surface area contributed by atoms with Gasteiger partial charge in [0.1, 0.15) is 5.78 Å². The summed E-state index contributed by atoms with van der Waals surface area (Å²) in [5.41, 5.74) is 0. The minimum absolute atomic E-state index is 0.419. The molecule has 0 saturated heterocycles. The summed E-state index contributed by atoms with van der Waals surface area (Å²) >= 11 is 0. The van der Waals surface area contributed by atoms with Crippen LogP contribution in [0.5, 0.6) is 0 Å². The van der Waals surface area contributed by atoms with Crippen molar-refractivity contribution in [1.82, 2.24) is 0 Å². The number of allylic oxidation sites excluding steroid dienone is 1. The van der Waals surface area contributed by atoms with E-state index in [2.05, 4.69) is 6.58 Å². The molecule has 0 aromatic carbocycles. The second kappa shape index (κ2) is 3.55. The molecule has 0 aliphatic heterocycles. The summed E-state index contributed by atoms with van der Waals surface area (Å²) in [4.78, 5) is 11.0. The van der Waals surface area contributed by atoms with Gasteiger partial charge in [0.2, 0.25) is 0 Å². The third-order valence-electron chi connectivity index (χ3n) is 1.84. The topological polar surface area (TPSA) is 17.1 Å². The number of hydrogen-bond donors (Lipinski definition) is 0. The highest BCUT2D eigenvalue weighted by molar-refractivity contribution is 5.78. The number of hydrogen-bond acceptors (Lipinski definition) is 1. The summed E-state index contributed by atoms with van der Waals surface area (Å²) in [7, 11) is 0. The zero-order chi connectivity index (χ0) is 7.40. The zero-order valence-corrected chi connectivity index (χ0v) is 6.31. The molecule has 10 heavy (non-hydrogen) atoms. The molecule has 0 radical (unpaired) electrons. The molecule has 0 N–H and O–H groups in total. The summed E-state index contributed by atoms with van der Waals surface area (Å²) in [6.07, 6.45) is 6.75. The minimum atomic E-state index is 0.419. The van der Waals surface area contributed by atoms with Gasteiger partial charge in [0.25, 0.3) is 0 Å². The summed E-state index contributed by atoms with van der Waals surface area (Å²) in [5.74, 6) is 1.17. The van der Waals surface area contributed by atoms with Crippen molar-refractivity contribution < 1.29 is 4.79 Å². The molecule has 0 bridgehead atoms. The second-order valence-electron chi connectivity index (χ2n) is 3.01. The van der Waals surface area contributed by atoms with E-state index in [1.165, 1.54) is 12.8 Å². The van der Waals surface area contributed by atoms with Crippen LogP contribution in [0.4, 0.5) is 0 Å². The van der Waals surface area contributed by atoms with Crippen LogP contribution in [0, 0.1) is 5.92 Å². The summed E-state index contributed by atoms with van der Waals surface area (Å²) in [6.45, 7) is 3.58. The summed E-state index contributed by atoms with van der Waals surface area (Å²) in [6, 6.07) is 0. The molecule has 0 aromatic heterocycles. The molecule has 1 rings (SSSR count). The lowest BCUT2D eigenvalue weighted by molar-refractivity contribution is -0.119. The van der Waals surface area contributed by atoms with Gasteiger partial charge in [-0.15, -0.1) is 6.58 Å². The van der Waals surface area contributed by atoms with Gasteiger partial charge in [-0.2, -0.15) is 0 Å². The number of rotatable bonds is 5. The van der Waals surface area contributed by atoms with E-state index < -0.39 is 0 Å². The number of carbonyl (C=O) groups is 1. The Morgan fingerprint density at radius 3 is 2.80 bits per heavy atom. The first-order chi connectivity index (χ1) is 4.83. The van der Waals surface area contributed by atoms with E-state index in [9.17, 15) is 4.79 Å². The highest BCUT2D eigenvalue weighted by atomic mass is 16.1. The lowest BCUT2D eigenvalue weighted by Crippen LogP contribution is -1.97. The van der Waals surface area contributed by atoms with Gasteiger partial charge >= 0.3 is 0 Å². The molecule has 0 atom stereocenters. The Bertz CT molecular complexity index is 134. The third kappa shape index (κ3) is 2.81. The fourth-order valence-electron chi connectivity index (χ4n) is 1.01. The minimum Gasteiger partial charge on any atom is -0.300 e. The van der Waals surface area contributed by atoms with E-state index >= 15 is 0 Å². The SMILES string of the molecule is C=CCCC(=O)CC1CC1. The van der Waals surface area contributed by atoms with Crippen molar-refractivity contribution in [1.29, 1.82) is 0 Å². The number of Topliss-reactive ketones (excluding diaryl/α,β-unsaturated/α-hetero) is 1. The van der Waals surface area contributed by atoms with Gasteiger partial charge < -0.3 is 0 Å². The predicted molar refractivity (Wildman–Crippen MR) is 41.8 cm³/mol. The fraction of sp³-hybridized carbons (Fsp3) is 0.667. The third-order valence-corrected chi connectivity index (χ3v) is 1.84. The van der Waals surface area contributed by atoms with Crippen LogP contribution in [0.3, 0.4) is 0 Å². The molecular formula is C9H14O. The molecule has 1 aliphatic rings. The van der Waals surface area contributed by atoms with E-state index in [0.29, 0.717) is 12.2 Å². The van der Waals surface area contributed by atoms with Gasteiger partial charge in [-0.25, -0.2) is 0 Å². The monoisotopic (exact) mass is 138 g/mol. The smallest absolute Gasteiger partial charge is 0.133 e. The van der Waals surface area contributed by atoms with Crippen molar-refractivity contribution >= 4 is 5.78 Å². The van der Waals surface area contributed by atoms with Gasteiger partial charge in [-0.1, -0.05) is 6.08 Å². The normalized spacial score (nSPS) is 16.8. The summed E-state index contributed by atoms with van der Waals surface area (Å²) < 4.78 is 0. The maximum Gasteiger partial charge on any atom is 0.133 e. The van der Waals surface area contributed by atoms with Gasteiger partial charge in [-0.3, -0.25) is 4.79 Å². The van der Waals surface area contributed by atoms with Gasteiger partial charge in [0.15, 0.2) is 0 Å². The van der Waals surface area contributed by atoms with Crippen molar-refractivity contribution in [2.45, 2.75) is 32.1 Å². The molecule has 1 nitrogen and oxygen atoms in total. The largest absolute Gasteiger partial charge is 0.300 e. The molecule has 1 fully saturated rings. The first-order valence-corrected chi connectivity index (χ1v) is 3.95. The fourth-order valence-corrected chi connectivity index (χ4v) is 1.01. The Kier molecular flexibility index (Phi) is 2.67. The molecule has 0 heterocycles. The van der Waals surface area contributed by atoms with Crippen molar-refractivity contribution in [3.05, 3.63) is 12.7 Å². The Morgan fingerprint density at radius 1 is 1.60 bits per heavy atom. The van der Waals surface area contributed by atoms with E-state index in [0.717, 1.165) is 18.8 Å². The van der Waals surface area contributed by atoms with Crippen LogP contribution < -0.4 is 0 Å². The van der Waals surface area contributed by atoms with Crippen LogP contribution in [0.15, 0.2) is 12.7 Å². The summed E-state index contributed by atoms with van der Waals surface area (Å²) in [5, 5.41) is 0. The molecular weight excluding hydrogens is 124 g/mol. The predicted octanol–water partition coefficient (Wildman–Crippen LogP) is 2.32. The zero-order valence-electron chi connectivity index (χ0n) is 6.31. The average molecular weight is 138 g/mol. The van der Waals surface area contributed by atoms with E-state index in [1.54, 1.807) is 0 Å². The highest BCUT2D eigenvalue weighted by Gasteiger charge is 2.23. The second-order valence-corrected chi connectivity index (χ2v) is 3.01. The van der Waals surface area contributed by atoms with Crippen LogP contribution in [-0.4, -0.2) is 5.78 Å². The molecule has 0 aromatic rings. The maximum atomic E-state index is 11.0. The van der Waals surface area contributed by atoms with Crippen LogP contribution in [0.1, 0.15) is 32.1 Å². The molecule has 1 aliphatic carbocycles. The van der Waals surface area contributed by atoms with Crippen molar-refractivity contribution in [2.75, 3.05) is 0 Å². The van der Waals surface area contributed by atoms with E-state index in [-0.39, 0.29) is 0 Å². The first-order valence-electron chi connectivity index (χ1n) is 3.95. The van der Waals surface area contributed by atoms with Crippen LogP contribution >= 0.6 is 0 Å². The van der Waals surface area contributed by atoms with Crippen molar-refractivity contribution in [2.24, 2.45) is 5.92 Å². The van der Waals surface area contributed by atoms with Gasteiger partial charge in [-0.05, 0) is 25.2 Å². The van der Waals surface area contributed by atoms with E-state index in [4.69, 9.17) is 0 Å². The van der Waals surface area contributed by atoms with Gasteiger partial charge in [0.05, 0.1) is 0 Å². The van der Waals surface area contributed by atoms with Gasteiger partial charge in [0, 0.05) is 12.8 Å². The lowest BCUT2D eigenvalue weighted by atomic mass is 10.1. The van der Waals surface area contributed by atoms with Crippen molar-refractivity contribution in [3.63, 3.8) is 0 Å². The molecule has 0 spiro atoms. The number of ketones is 1. The number of carbonyl (C=O) groups excluding carboxylic acids is 1. The van der Waals surface area contributed by atoms with E-state index in [1.807, 2.05) is 6.08 Å². The molecule has 0 unspecified atom stereocenters. The van der Waals surface area contributed by atoms with Crippen LogP contribution in [0.25, 0.3) is 0 Å². The molecule has 1 heteroatoms. The lowest BCUT2D eigenvalue weighted by Gasteiger charge is -1.93. The Hall–Kier alpha value is -0.590. The van der Waals surface area contributed by atoms with Crippen LogP contribution in [0.2, 0.25) is 0 Å². The average Bonchev–Trinajstić information content (AvgIpc) is 2.67. The Labute approximate surface area is 62.1 Å². The maximum absolute atomic E-state index is 11.0. The van der Waals surface area contributed by atoms with Crippen molar-refractivity contribution in [3.8, 4) is 0 Å². The first kappa shape index (κ1) is 7.52. The Morgan fingerprint density at radius 2 is 2.30 bits per heavy atom. The molecule has 56 valence electrons. The molecule has 1 saturated carbocycles. The standard InChI is InChI=1S/C9H14O/c1-2-3-4-9(10)7-8-5-6-8/h2,8H,1,3-7H2. The molecule has 0 amide bonds. The quantitative estimate of drug-likeness (QED) is 0.533. The van der Waals surface area contributed by atoms with Crippen LogP contribution in [-0.2, 0) is 4.79 Å². The highest BCUT2D eigenvalue weighted by Crippen LogP contribution is 2.32.